The third-order valence-corrected chi connectivity index (χ3v) is 3.96. The van der Waals surface area contributed by atoms with Crippen molar-refractivity contribution in [3.8, 4) is 5.75 Å². The maximum Gasteiger partial charge on any atom is 0.322 e. The lowest BCUT2D eigenvalue weighted by Crippen LogP contribution is -2.48. The molecule has 0 saturated heterocycles. The summed E-state index contributed by atoms with van der Waals surface area (Å²) < 4.78 is 18.8. The molecule has 5 heteroatoms. The molecule has 0 bridgehead atoms. The van der Waals surface area contributed by atoms with Crippen LogP contribution in [0.15, 0.2) is 18.2 Å². The fourth-order valence-electron chi connectivity index (χ4n) is 2.90. The first-order valence-electron chi connectivity index (χ1n) is 7.24. The molecule has 0 radical (unpaired) electrons. The number of benzene rings is 1. The van der Waals surface area contributed by atoms with Gasteiger partial charge in [0.15, 0.2) is 0 Å². The standard InChI is InChI=1S/C15H19FN2O2/c16-11-6-7-14-13(10-11)18(8-9-20-14)15(19)17-12-4-2-1-3-5-12/h6-7,10,12H,1-5,8-9H2,(H,17,19). The first-order valence-corrected chi connectivity index (χ1v) is 7.24. The summed E-state index contributed by atoms with van der Waals surface area (Å²) in [6.07, 6.45) is 5.65. The van der Waals surface area contributed by atoms with Crippen molar-refractivity contribution in [2.24, 2.45) is 0 Å². The van der Waals surface area contributed by atoms with Gasteiger partial charge in [-0.1, -0.05) is 19.3 Å². The molecule has 4 nitrogen and oxygen atoms in total. The number of carbonyl (C=O) groups is 1. The van der Waals surface area contributed by atoms with Gasteiger partial charge in [-0.2, -0.15) is 0 Å². The number of ether oxygens (including phenoxy) is 1. The average Bonchev–Trinajstić information content (AvgIpc) is 2.47. The molecule has 3 rings (SSSR count). The summed E-state index contributed by atoms with van der Waals surface area (Å²) in [4.78, 5) is 14.0. The summed E-state index contributed by atoms with van der Waals surface area (Å²) in [6.45, 7) is 0.895. The number of amides is 2. The van der Waals surface area contributed by atoms with E-state index in [9.17, 15) is 9.18 Å². The molecule has 0 spiro atoms. The molecular formula is C15H19FN2O2. The largest absolute Gasteiger partial charge is 0.490 e. The highest BCUT2D eigenvalue weighted by atomic mass is 19.1. The molecule has 1 aliphatic carbocycles. The zero-order valence-electron chi connectivity index (χ0n) is 11.4. The summed E-state index contributed by atoms with van der Waals surface area (Å²) in [5.74, 6) is 0.209. The number of hydrogen-bond donors (Lipinski definition) is 1. The predicted octanol–water partition coefficient (Wildman–Crippen LogP) is 3.07. The molecule has 1 heterocycles. The Morgan fingerprint density at radius 3 is 2.90 bits per heavy atom. The maximum absolute atomic E-state index is 13.4. The summed E-state index contributed by atoms with van der Waals surface area (Å²) in [6, 6.07) is 4.38. The van der Waals surface area contributed by atoms with Gasteiger partial charge in [-0.05, 0) is 25.0 Å². The Bertz CT molecular complexity index is 501. The van der Waals surface area contributed by atoms with Crippen molar-refractivity contribution in [1.29, 1.82) is 0 Å². The Morgan fingerprint density at radius 1 is 1.30 bits per heavy atom. The lowest BCUT2D eigenvalue weighted by atomic mass is 9.96. The minimum Gasteiger partial charge on any atom is -0.490 e. The topological polar surface area (TPSA) is 41.6 Å². The normalized spacial score (nSPS) is 19.1. The van der Waals surface area contributed by atoms with E-state index in [1.54, 1.807) is 11.0 Å². The number of hydrogen-bond acceptors (Lipinski definition) is 2. The van der Waals surface area contributed by atoms with Crippen LogP contribution in [0.4, 0.5) is 14.9 Å². The van der Waals surface area contributed by atoms with Gasteiger partial charge in [0.2, 0.25) is 0 Å². The minimum atomic E-state index is -0.357. The molecule has 1 aromatic rings. The lowest BCUT2D eigenvalue weighted by Gasteiger charge is -2.32. The summed E-state index contributed by atoms with van der Waals surface area (Å²) in [5.41, 5.74) is 0.518. The van der Waals surface area contributed by atoms with Crippen LogP contribution in [0.25, 0.3) is 0 Å². The van der Waals surface area contributed by atoms with Crippen molar-refractivity contribution in [2.45, 2.75) is 38.1 Å². The second kappa shape index (κ2) is 5.69. The molecule has 1 fully saturated rings. The Balaban J connectivity index is 1.74. The fraction of sp³-hybridized carbons (Fsp3) is 0.533. The van der Waals surface area contributed by atoms with E-state index in [2.05, 4.69) is 5.32 Å². The van der Waals surface area contributed by atoms with Crippen molar-refractivity contribution >= 4 is 11.7 Å². The van der Waals surface area contributed by atoms with Gasteiger partial charge in [0.25, 0.3) is 0 Å². The van der Waals surface area contributed by atoms with E-state index in [1.165, 1.54) is 31.4 Å². The molecular weight excluding hydrogens is 259 g/mol. The van der Waals surface area contributed by atoms with Crippen molar-refractivity contribution in [3.05, 3.63) is 24.0 Å². The molecule has 1 N–H and O–H groups in total. The zero-order chi connectivity index (χ0) is 13.9. The van der Waals surface area contributed by atoms with Crippen LogP contribution in [0.3, 0.4) is 0 Å². The highest BCUT2D eigenvalue weighted by Gasteiger charge is 2.26. The van der Waals surface area contributed by atoms with Gasteiger partial charge in [0.05, 0.1) is 12.2 Å². The van der Waals surface area contributed by atoms with Gasteiger partial charge >= 0.3 is 6.03 Å². The van der Waals surface area contributed by atoms with E-state index in [1.807, 2.05) is 0 Å². The zero-order valence-corrected chi connectivity index (χ0v) is 11.4. The summed E-state index contributed by atoms with van der Waals surface area (Å²) in [5, 5.41) is 3.06. The van der Waals surface area contributed by atoms with E-state index < -0.39 is 0 Å². The number of carbonyl (C=O) groups excluding carboxylic acids is 1. The first-order chi connectivity index (χ1) is 9.74. The van der Waals surface area contributed by atoms with Crippen LogP contribution in [-0.4, -0.2) is 25.2 Å². The predicted molar refractivity (Wildman–Crippen MR) is 74.6 cm³/mol. The molecule has 0 aromatic heterocycles. The molecule has 2 aliphatic rings. The second-order valence-corrected chi connectivity index (χ2v) is 5.40. The van der Waals surface area contributed by atoms with Gasteiger partial charge in [0, 0.05) is 12.1 Å². The number of nitrogens with zero attached hydrogens (tertiary/aromatic N) is 1. The van der Waals surface area contributed by atoms with Crippen LogP contribution in [0.5, 0.6) is 5.75 Å². The molecule has 1 saturated carbocycles. The Hall–Kier alpha value is -1.78. The number of anilines is 1. The highest BCUT2D eigenvalue weighted by Crippen LogP contribution is 2.32. The van der Waals surface area contributed by atoms with Crippen LogP contribution >= 0.6 is 0 Å². The molecule has 0 atom stereocenters. The van der Waals surface area contributed by atoms with Crippen molar-refractivity contribution in [3.63, 3.8) is 0 Å². The molecule has 1 aliphatic heterocycles. The van der Waals surface area contributed by atoms with Crippen molar-refractivity contribution < 1.29 is 13.9 Å². The summed E-state index contributed by atoms with van der Waals surface area (Å²) in [7, 11) is 0. The molecule has 2 amide bonds. The quantitative estimate of drug-likeness (QED) is 0.857. The smallest absolute Gasteiger partial charge is 0.322 e. The molecule has 0 unspecified atom stereocenters. The Morgan fingerprint density at radius 2 is 2.10 bits per heavy atom. The number of halogens is 1. The van der Waals surface area contributed by atoms with Gasteiger partial charge in [0.1, 0.15) is 18.2 Å². The van der Waals surface area contributed by atoms with E-state index in [0.717, 1.165) is 12.8 Å². The van der Waals surface area contributed by atoms with Crippen LogP contribution in [-0.2, 0) is 0 Å². The maximum atomic E-state index is 13.4. The van der Waals surface area contributed by atoms with Gasteiger partial charge < -0.3 is 10.1 Å². The molecule has 20 heavy (non-hydrogen) atoms. The van der Waals surface area contributed by atoms with E-state index in [0.29, 0.717) is 24.6 Å². The van der Waals surface area contributed by atoms with Crippen LogP contribution < -0.4 is 15.0 Å². The Labute approximate surface area is 117 Å². The Kier molecular flexibility index (Phi) is 3.76. The fourth-order valence-corrected chi connectivity index (χ4v) is 2.90. The number of urea groups is 1. The van der Waals surface area contributed by atoms with Crippen molar-refractivity contribution in [1.82, 2.24) is 5.32 Å². The second-order valence-electron chi connectivity index (χ2n) is 5.40. The van der Waals surface area contributed by atoms with Crippen LogP contribution in [0.1, 0.15) is 32.1 Å². The average molecular weight is 278 g/mol. The molecule has 108 valence electrons. The third kappa shape index (κ3) is 2.71. The van der Waals surface area contributed by atoms with E-state index in [4.69, 9.17) is 4.74 Å². The monoisotopic (exact) mass is 278 g/mol. The van der Waals surface area contributed by atoms with Crippen molar-refractivity contribution in [2.75, 3.05) is 18.1 Å². The van der Waals surface area contributed by atoms with Gasteiger partial charge in [-0.25, -0.2) is 9.18 Å². The van der Waals surface area contributed by atoms with Gasteiger partial charge in [-0.3, -0.25) is 4.90 Å². The van der Waals surface area contributed by atoms with Gasteiger partial charge in [-0.15, -0.1) is 0 Å². The number of fused-ring (bicyclic) bond motifs is 1. The minimum absolute atomic E-state index is 0.146. The first kappa shape index (κ1) is 13.2. The molecule has 1 aromatic carbocycles. The van der Waals surface area contributed by atoms with E-state index in [-0.39, 0.29) is 17.9 Å². The van der Waals surface area contributed by atoms with E-state index >= 15 is 0 Å². The SMILES string of the molecule is O=C(NC1CCCCC1)N1CCOc2ccc(F)cc21. The highest BCUT2D eigenvalue weighted by molar-refractivity contribution is 5.94. The summed E-state index contributed by atoms with van der Waals surface area (Å²) >= 11 is 0. The number of nitrogens with one attached hydrogen (secondary N) is 1. The third-order valence-electron chi connectivity index (χ3n) is 3.96. The van der Waals surface area contributed by atoms with Crippen LogP contribution in [0, 0.1) is 5.82 Å². The number of rotatable bonds is 1. The lowest BCUT2D eigenvalue weighted by molar-refractivity contribution is 0.232. The van der Waals surface area contributed by atoms with Crippen LogP contribution in [0.2, 0.25) is 0 Å².